The summed E-state index contributed by atoms with van der Waals surface area (Å²) < 4.78 is 11.4. The molecule has 30 heavy (non-hydrogen) atoms. The van der Waals surface area contributed by atoms with Crippen LogP contribution in [0.5, 0.6) is 11.5 Å². The minimum Gasteiger partial charge on any atom is -0.496 e. The summed E-state index contributed by atoms with van der Waals surface area (Å²) in [5.41, 5.74) is 4.64. The van der Waals surface area contributed by atoms with Crippen LogP contribution in [0.3, 0.4) is 0 Å². The van der Waals surface area contributed by atoms with Crippen LogP contribution in [0.15, 0.2) is 36.4 Å². The van der Waals surface area contributed by atoms with E-state index in [4.69, 9.17) is 9.47 Å². The van der Waals surface area contributed by atoms with E-state index in [0.29, 0.717) is 11.7 Å². The summed E-state index contributed by atoms with van der Waals surface area (Å²) in [5, 5.41) is 3.09. The number of aryl methyl sites for hydroxylation is 1. The van der Waals surface area contributed by atoms with Crippen LogP contribution in [0.4, 0.5) is 0 Å². The van der Waals surface area contributed by atoms with E-state index in [0.717, 1.165) is 22.4 Å². The highest BCUT2D eigenvalue weighted by molar-refractivity contribution is 5.81. The van der Waals surface area contributed by atoms with Gasteiger partial charge >= 0.3 is 0 Å². The molecule has 0 fully saturated rings. The third-order valence-electron chi connectivity index (χ3n) is 5.47. The fourth-order valence-corrected chi connectivity index (χ4v) is 3.51. The van der Waals surface area contributed by atoms with Gasteiger partial charge in [0, 0.05) is 0 Å². The Morgan fingerprint density at radius 2 is 1.57 bits per heavy atom. The van der Waals surface area contributed by atoms with E-state index < -0.39 is 6.10 Å². The number of nitrogens with one attached hydrogen (secondary N) is 1. The van der Waals surface area contributed by atoms with E-state index in [9.17, 15) is 4.79 Å². The van der Waals surface area contributed by atoms with Crippen LogP contribution in [0.1, 0.15) is 82.7 Å². The highest BCUT2D eigenvalue weighted by Gasteiger charge is 2.21. The van der Waals surface area contributed by atoms with Gasteiger partial charge in [-0.2, -0.15) is 0 Å². The number of benzene rings is 2. The van der Waals surface area contributed by atoms with Crippen molar-refractivity contribution >= 4 is 5.91 Å². The molecule has 0 saturated carbocycles. The van der Waals surface area contributed by atoms with Crippen molar-refractivity contribution in [3.8, 4) is 11.5 Å². The molecule has 2 atom stereocenters. The number of hydrogen-bond acceptors (Lipinski definition) is 3. The van der Waals surface area contributed by atoms with Crippen LogP contribution in [0, 0.1) is 6.92 Å². The number of carbonyl (C=O) groups excluding carboxylic acids is 1. The molecule has 2 rings (SSSR count). The second kappa shape index (κ2) is 9.55. The maximum absolute atomic E-state index is 12.7. The number of carbonyl (C=O) groups is 1. The lowest BCUT2D eigenvalue weighted by Gasteiger charge is -2.23. The van der Waals surface area contributed by atoms with Gasteiger partial charge in [0.1, 0.15) is 11.5 Å². The molecule has 164 valence electrons. The molecule has 1 amide bonds. The molecular weight excluding hydrogens is 374 g/mol. The molecule has 2 aromatic carbocycles. The van der Waals surface area contributed by atoms with Gasteiger partial charge in [-0.05, 0) is 78.6 Å². The Morgan fingerprint density at radius 3 is 2.07 bits per heavy atom. The van der Waals surface area contributed by atoms with Crippen molar-refractivity contribution in [2.75, 3.05) is 7.11 Å². The van der Waals surface area contributed by atoms with Crippen molar-refractivity contribution in [3.63, 3.8) is 0 Å². The summed E-state index contributed by atoms with van der Waals surface area (Å²) in [7, 11) is 1.69. The SMILES string of the molecule is COc1cc(C)c(C(C)NC(=O)C(C)Oc2ccc(C(C)(C)C)cc2)cc1C(C)C. The minimum atomic E-state index is -0.587. The van der Waals surface area contributed by atoms with Crippen LogP contribution in [-0.4, -0.2) is 19.1 Å². The number of rotatable bonds is 7. The second-order valence-electron chi connectivity index (χ2n) is 9.37. The molecule has 0 radical (unpaired) electrons. The molecule has 0 spiro atoms. The number of methoxy groups -OCH3 is 1. The Labute approximate surface area is 182 Å². The molecule has 4 heteroatoms. The topological polar surface area (TPSA) is 47.6 Å². The monoisotopic (exact) mass is 411 g/mol. The zero-order valence-corrected chi connectivity index (χ0v) is 19.9. The third kappa shape index (κ3) is 5.78. The summed E-state index contributed by atoms with van der Waals surface area (Å²) in [6, 6.07) is 12.0. The molecule has 1 N–H and O–H groups in total. The highest BCUT2D eigenvalue weighted by Crippen LogP contribution is 2.32. The van der Waals surface area contributed by atoms with Crippen LogP contribution in [0.25, 0.3) is 0 Å². The Balaban J connectivity index is 2.09. The van der Waals surface area contributed by atoms with Crippen molar-refractivity contribution < 1.29 is 14.3 Å². The lowest BCUT2D eigenvalue weighted by Crippen LogP contribution is -2.38. The van der Waals surface area contributed by atoms with Crippen LogP contribution >= 0.6 is 0 Å². The molecule has 4 nitrogen and oxygen atoms in total. The Kier molecular flexibility index (Phi) is 7.57. The second-order valence-corrected chi connectivity index (χ2v) is 9.37. The molecule has 2 unspecified atom stereocenters. The first-order chi connectivity index (χ1) is 13.9. The normalized spacial score (nSPS) is 13.7. The van der Waals surface area contributed by atoms with Gasteiger partial charge in [0.05, 0.1) is 13.2 Å². The minimum absolute atomic E-state index is 0.0853. The molecule has 2 aromatic rings. The van der Waals surface area contributed by atoms with Gasteiger partial charge < -0.3 is 14.8 Å². The van der Waals surface area contributed by atoms with Crippen molar-refractivity contribution in [1.82, 2.24) is 5.32 Å². The van der Waals surface area contributed by atoms with E-state index in [1.54, 1.807) is 14.0 Å². The molecular formula is C26H37NO3. The highest BCUT2D eigenvalue weighted by atomic mass is 16.5. The first-order valence-corrected chi connectivity index (χ1v) is 10.7. The van der Waals surface area contributed by atoms with E-state index in [1.807, 2.05) is 32.0 Å². The summed E-state index contributed by atoms with van der Waals surface area (Å²) in [6.07, 6.45) is -0.587. The van der Waals surface area contributed by atoms with Gasteiger partial charge in [-0.15, -0.1) is 0 Å². The van der Waals surface area contributed by atoms with Gasteiger partial charge in [-0.1, -0.05) is 46.8 Å². The standard InChI is InChI=1S/C26H37NO3/c1-16(2)22-15-23(17(3)14-24(22)29-9)18(4)27-25(28)19(5)30-21-12-10-20(11-13-21)26(6,7)8/h10-16,18-19H,1-9H3,(H,27,28). The molecule has 0 aliphatic rings. The predicted molar refractivity (Wildman–Crippen MR) is 124 cm³/mol. The Morgan fingerprint density at radius 1 is 0.967 bits per heavy atom. The Bertz CT molecular complexity index is 863. The van der Waals surface area contributed by atoms with Crippen molar-refractivity contribution in [2.45, 2.75) is 78.9 Å². The fourth-order valence-electron chi connectivity index (χ4n) is 3.51. The van der Waals surface area contributed by atoms with E-state index >= 15 is 0 Å². The van der Waals surface area contributed by atoms with Gasteiger partial charge in [0.15, 0.2) is 6.10 Å². The Hall–Kier alpha value is -2.49. The van der Waals surface area contributed by atoms with E-state index in [-0.39, 0.29) is 17.4 Å². The molecule has 0 heterocycles. The van der Waals surface area contributed by atoms with Crippen LogP contribution < -0.4 is 14.8 Å². The zero-order valence-electron chi connectivity index (χ0n) is 19.9. The predicted octanol–water partition coefficient (Wildman–Crippen LogP) is 6.07. The summed E-state index contributed by atoms with van der Waals surface area (Å²) >= 11 is 0. The van der Waals surface area contributed by atoms with Crippen molar-refractivity contribution in [3.05, 3.63) is 58.7 Å². The zero-order chi connectivity index (χ0) is 22.6. The summed E-state index contributed by atoms with van der Waals surface area (Å²) in [5.74, 6) is 1.78. The van der Waals surface area contributed by atoms with Gasteiger partial charge in [-0.3, -0.25) is 4.79 Å². The summed E-state index contributed by atoms with van der Waals surface area (Å²) in [4.78, 5) is 12.7. The largest absolute Gasteiger partial charge is 0.496 e. The quantitative estimate of drug-likeness (QED) is 0.601. The maximum Gasteiger partial charge on any atom is 0.261 e. The maximum atomic E-state index is 12.7. The van der Waals surface area contributed by atoms with Gasteiger partial charge in [-0.25, -0.2) is 0 Å². The molecule has 0 aromatic heterocycles. The lowest BCUT2D eigenvalue weighted by molar-refractivity contribution is -0.127. The first kappa shape index (κ1) is 23.8. The number of ether oxygens (including phenoxy) is 2. The van der Waals surface area contributed by atoms with Crippen LogP contribution in [0.2, 0.25) is 0 Å². The van der Waals surface area contributed by atoms with Crippen molar-refractivity contribution in [1.29, 1.82) is 0 Å². The molecule has 0 saturated heterocycles. The third-order valence-corrected chi connectivity index (χ3v) is 5.47. The van der Waals surface area contributed by atoms with Gasteiger partial charge in [0.25, 0.3) is 5.91 Å². The number of amides is 1. The average molecular weight is 412 g/mol. The number of hydrogen-bond donors (Lipinski definition) is 1. The molecule has 0 aliphatic carbocycles. The summed E-state index contributed by atoms with van der Waals surface area (Å²) in [6.45, 7) is 16.6. The van der Waals surface area contributed by atoms with Crippen LogP contribution in [-0.2, 0) is 10.2 Å². The van der Waals surface area contributed by atoms with E-state index in [2.05, 4.69) is 58.1 Å². The first-order valence-electron chi connectivity index (χ1n) is 10.7. The van der Waals surface area contributed by atoms with Gasteiger partial charge in [0.2, 0.25) is 0 Å². The lowest BCUT2D eigenvalue weighted by atomic mass is 9.87. The molecule has 0 aliphatic heterocycles. The average Bonchev–Trinajstić information content (AvgIpc) is 2.66. The fraction of sp³-hybridized carbons (Fsp3) is 0.500. The molecule has 0 bridgehead atoms. The van der Waals surface area contributed by atoms with Crippen molar-refractivity contribution in [2.24, 2.45) is 0 Å². The van der Waals surface area contributed by atoms with E-state index in [1.165, 1.54) is 5.56 Å². The smallest absolute Gasteiger partial charge is 0.261 e.